The molecule has 6 heteroatoms. The number of piperidine rings is 1. The monoisotopic (exact) mass is 317 g/mol. The summed E-state index contributed by atoms with van der Waals surface area (Å²) in [5, 5.41) is 3.30. The summed E-state index contributed by atoms with van der Waals surface area (Å²) in [6.07, 6.45) is 3.91. The van der Waals surface area contributed by atoms with Crippen LogP contribution in [0.5, 0.6) is 0 Å². The molecule has 6 nitrogen and oxygen atoms in total. The number of hydrogen-bond acceptors (Lipinski definition) is 5. The first kappa shape index (κ1) is 15.8. The smallest absolute Gasteiger partial charge is 0.310 e. The van der Waals surface area contributed by atoms with Gasteiger partial charge in [-0.05, 0) is 44.7 Å². The lowest BCUT2D eigenvalue weighted by molar-refractivity contribution is -0.149. The number of anilines is 1. The zero-order valence-electron chi connectivity index (χ0n) is 13.5. The number of aromatic nitrogens is 1. The van der Waals surface area contributed by atoms with Crippen LogP contribution in [0.25, 0.3) is 0 Å². The third kappa shape index (κ3) is 4.00. The standard InChI is InChI=1S/C17H23N3O3/c1-2-23-17(22)12-5-4-10-20(11-12)16(21)14-6-3-7-15(19-14)18-13-8-9-13/h3,6-7,12-13H,2,4-5,8-11H2,1H3,(H,18,19). The number of rotatable bonds is 5. The molecule has 23 heavy (non-hydrogen) atoms. The highest BCUT2D eigenvalue weighted by Crippen LogP contribution is 2.24. The molecule has 1 saturated carbocycles. The van der Waals surface area contributed by atoms with Crippen LogP contribution in [-0.4, -0.2) is 47.5 Å². The van der Waals surface area contributed by atoms with Crippen molar-refractivity contribution in [3.63, 3.8) is 0 Å². The summed E-state index contributed by atoms with van der Waals surface area (Å²) in [4.78, 5) is 30.7. The van der Waals surface area contributed by atoms with Crippen LogP contribution < -0.4 is 5.32 Å². The van der Waals surface area contributed by atoms with E-state index in [0.717, 1.165) is 31.5 Å². The van der Waals surface area contributed by atoms with Crippen LogP contribution in [0.1, 0.15) is 43.1 Å². The molecule has 1 aromatic heterocycles. The van der Waals surface area contributed by atoms with Crippen molar-refractivity contribution in [1.82, 2.24) is 9.88 Å². The Morgan fingerprint density at radius 3 is 2.91 bits per heavy atom. The highest BCUT2D eigenvalue weighted by atomic mass is 16.5. The molecule has 3 rings (SSSR count). The number of pyridine rings is 1. The first-order chi connectivity index (χ1) is 11.2. The number of hydrogen-bond donors (Lipinski definition) is 1. The lowest BCUT2D eigenvalue weighted by Crippen LogP contribution is -2.43. The SMILES string of the molecule is CCOC(=O)C1CCCN(C(=O)c2cccc(NC3CC3)n2)C1. The molecule has 1 aliphatic carbocycles. The van der Waals surface area contributed by atoms with E-state index in [1.165, 1.54) is 0 Å². The fraction of sp³-hybridized carbons (Fsp3) is 0.588. The number of nitrogens with one attached hydrogen (secondary N) is 1. The van der Waals surface area contributed by atoms with Gasteiger partial charge in [-0.25, -0.2) is 4.98 Å². The predicted molar refractivity (Wildman–Crippen MR) is 86.1 cm³/mol. The van der Waals surface area contributed by atoms with Crippen molar-refractivity contribution < 1.29 is 14.3 Å². The average molecular weight is 317 g/mol. The molecule has 1 unspecified atom stereocenters. The number of esters is 1. The van der Waals surface area contributed by atoms with Crippen LogP contribution in [0.4, 0.5) is 5.82 Å². The molecule has 1 amide bonds. The lowest BCUT2D eigenvalue weighted by Gasteiger charge is -2.31. The minimum absolute atomic E-state index is 0.113. The Morgan fingerprint density at radius 2 is 2.17 bits per heavy atom. The van der Waals surface area contributed by atoms with E-state index in [0.29, 0.717) is 31.4 Å². The van der Waals surface area contributed by atoms with Gasteiger partial charge in [-0.3, -0.25) is 9.59 Å². The molecule has 0 bridgehead atoms. The van der Waals surface area contributed by atoms with Gasteiger partial charge in [0.05, 0.1) is 12.5 Å². The number of likely N-dealkylation sites (tertiary alicyclic amines) is 1. The number of ether oxygens (including phenoxy) is 1. The van der Waals surface area contributed by atoms with Gasteiger partial charge in [0.25, 0.3) is 5.91 Å². The van der Waals surface area contributed by atoms with Gasteiger partial charge in [-0.2, -0.15) is 0 Å². The van der Waals surface area contributed by atoms with Gasteiger partial charge in [0.1, 0.15) is 11.5 Å². The summed E-state index contributed by atoms with van der Waals surface area (Å²) in [5.74, 6) is 0.207. The molecule has 124 valence electrons. The lowest BCUT2D eigenvalue weighted by atomic mass is 9.98. The summed E-state index contributed by atoms with van der Waals surface area (Å²) >= 11 is 0. The van der Waals surface area contributed by atoms with Gasteiger partial charge in [-0.15, -0.1) is 0 Å². The van der Waals surface area contributed by atoms with Gasteiger partial charge in [-0.1, -0.05) is 6.07 Å². The maximum Gasteiger partial charge on any atom is 0.310 e. The third-order valence-electron chi connectivity index (χ3n) is 4.23. The molecule has 1 saturated heterocycles. The number of carbonyl (C=O) groups excluding carboxylic acids is 2. The zero-order chi connectivity index (χ0) is 16.2. The van der Waals surface area contributed by atoms with Crippen LogP contribution in [0, 0.1) is 5.92 Å². The Hall–Kier alpha value is -2.11. The molecule has 0 aromatic carbocycles. The van der Waals surface area contributed by atoms with Crippen LogP contribution in [-0.2, 0) is 9.53 Å². The molecule has 0 spiro atoms. The van der Waals surface area contributed by atoms with Gasteiger partial charge in [0, 0.05) is 19.1 Å². The van der Waals surface area contributed by atoms with E-state index in [2.05, 4.69) is 10.3 Å². The molecule has 1 atom stereocenters. The minimum atomic E-state index is -0.222. The fourth-order valence-corrected chi connectivity index (χ4v) is 2.85. The first-order valence-corrected chi connectivity index (χ1v) is 8.37. The second kappa shape index (κ2) is 6.98. The highest BCUT2D eigenvalue weighted by molar-refractivity contribution is 5.93. The van der Waals surface area contributed by atoms with Crippen LogP contribution >= 0.6 is 0 Å². The molecule has 1 N–H and O–H groups in total. The van der Waals surface area contributed by atoms with E-state index in [4.69, 9.17) is 4.74 Å². The van der Waals surface area contributed by atoms with Crippen molar-refractivity contribution in [2.75, 3.05) is 25.0 Å². The van der Waals surface area contributed by atoms with E-state index in [1.807, 2.05) is 12.1 Å². The largest absolute Gasteiger partial charge is 0.466 e. The normalized spacial score (nSPS) is 20.9. The third-order valence-corrected chi connectivity index (χ3v) is 4.23. The summed E-state index contributed by atoms with van der Waals surface area (Å²) < 4.78 is 5.08. The van der Waals surface area contributed by atoms with E-state index in [1.54, 1.807) is 17.9 Å². The fourth-order valence-electron chi connectivity index (χ4n) is 2.85. The van der Waals surface area contributed by atoms with E-state index in [-0.39, 0.29) is 17.8 Å². The van der Waals surface area contributed by atoms with Crippen LogP contribution in [0.15, 0.2) is 18.2 Å². The summed E-state index contributed by atoms with van der Waals surface area (Å²) in [6, 6.07) is 5.95. The molecule has 2 aliphatic rings. The van der Waals surface area contributed by atoms with Gasteiger partial charge in [0.15, 0.2) is 0 Å². The van der Waals surface area contributed by atoms with Crippen molar-refractivity contribution in [2.45, 2.75) is 38.6 Å². The van der Waals surface area contributed by atoms with Gasteiger partial charge < -0.3 is 15.0 Å². The molecule has 0 radical (unpaired) electrons. The van der Waals surface area contributed by atoms with Crippen LogP contribution in [0.2, 0.25) is 0 Å². The zero-order valence-corrected chi connectivity index (χ0v) is 13.5. The maximum atomic E-state index is 12.7. The van der Waals surface area contributed by atoms with Gasteiger partial charge in [0.2, 0.25) is 0 Å². The molecule has 2 fully saturated rings. The van der Waals surface area contributed by atoms with E-state index in [9.17, 15) is 9.59 Å². The molecular weight excluding hydrogens is 294 g/mol. The topological polar surface area (TPSA) is 71.5 Å². The van der Waals surface area contributed by atoms with Crippen molar-refractivity contribution in [2.24, 2.45) is 5.92 Å². The molecule has 1 aromatic rings. The Kier molecular flexibility index (Phi) is 4.79. The van der Waals surface area contributed by atoms with Crippen LogP contribution in [0.3, 0.4) is 0 Å². The predicted octanol–water partition coefficient (Wildman–Crippen LogP) is 2.07. The van der Waals surface area contributed by atoms with Crippen molar-refractivity contribution in [3.8, 4) is 0 Å². The number of nitrogens with zero attached hydrogens (tertiary/aromatic N) is 2. The maximum absolute atomic E-state index is 12.7. The molecule has 1 aliphatic heterocycles. The Labute approximate surface area is 136 Å². The number of amides is 1. The van der Waals surface area contributed by atoms with E-state index >= 15 is 0 Å². The Morgan fingerprint density at radius 1 is 1.35 bits per heavy atom. The Bertz CT molecular complexity index is 586. The van der Waals surface area contributed by atoms with Gasteiger partial charge >= 0.3 is 5.97 Å². The summed E-state index contributed by atoms with van der Waals surface area (Å²) in [5.41, 5.74) is 0.431. The minimum Gasteiger partial charge on any atom is -0.466 e. The summed E-state index contributed by atoms with van der Waals surface area (Å²) in [7, 11) is 0. The van der Waals surface area contributed by atoms with Crippen molar-refractivity contribution in [1.29, 1.82) is 0 Å². The quantitative estimate of drug-likeness (QED) is 0.842. The number of carbonyl (C=O) groups is 2. The highest BCUT2D eigenvalue weighted by Gasteiger charge is 2.30. The second-order valence-corrected chi connectivity index (χ2v) is 6.17. The van der Waals surface area contributed by atoms with E-state index < -0.39 is 0 Å². The Balaban J connectivity index is 1.65. The molecular formula is C17H23N3O3. The van der Waals surface area contributed by atoms with Crippen molar-refractivity contribution in [3.05, 3.63) is 23.9 Å². The summed E-state index contributed by atoms with van der Waals surface area (Å²) in [6.45, 7) is 3.25. The average Bonchev–Trinajstić information content (AvgIpc) is 3.39. The second-order valence-electron chi connectivity index (χ2n) is 6.17. The van der Waals surface area contributed by atoms with Crippen molar-refractivity contribution >= 4 is 17.7 Å². The first-order valence-electron chi connectivity index (χ1n) is 8.37. The molecule has 2 heterocycles.